The van der Waals surface area contributed by atoms with Crippen molar-refractivity contribution in [2.75, 3.05) is 0 Å². The zero-order valence-corrected chi connectivity index (χ0v) is 6.47. The Morgan fingerprint density at radius 1 is 1.58 bits per heavy atom. The number of nitrogens with zero attached hydrogens (tertiary/aromatic N) is 1. The van der Waals surface area contributed by atoms with Crippen molar-refractivity contribution in [1.82, 2.24) is 0 Å². The fourth-order valence-electron chi connectivity index (χ4n) is 1.10. The third-order valence-electron chi connectivity index (χ3n) is 1.72. The van der Waals surface area contributed by atoms with Gasteiger partial charge in [-0.25, -0.2) is 0 Å². The van der Waals surface area contributed by atoms with Gasteiger partial charge in [0.2, 0.25) is 0 Å². The molecule has 64 valence electrons. The second-order valence-corrected chi connectivity index (χ2v) is 2.55. The van der Waals surface area contributed by atoms with Gasteiger partial charge in [0.25, 0.3) is 6.04 Å². The van der Waals surface area contributed by atoms with E-state index in [0.717, 1.165) is 12.8 Å². The fourth-order valence-corrected chi connectivity index (χ4v) is 1.10. The highest BCUT2D eigenvalue weighted by molar-refractivity contribution is 5.63. The second-order valence-electron chi connectivity index (χ2n) is 2.55. The Labute approximate surface area is 69.7 Å². The lowest BCUT2D eigenvalue weighted by atomic mass is 10.0. The first-order valence-corrected chi connectivity index (χ1v) is 3.71. The van der Waals surface area contributed by atoms with Crippen LogP contribution in [0.3, 0.4) is 0 Å². The molecule has 1 aliphatic carbocycles. The van der Waals surface area contributed by atoms with Crippen molar-refractivity contribution in [2.45, 2.75) is 18.9 Å². The molecule has 0 heterocycles. The lowest BCUT2D eigenvalue weighted by molar-refractivity contribution is -0.494. The normalized spacial score (nSPS) is 18.2. The van der Waals surface area contributed by atoms with Crippen LogP contribution in [0, 0.1) is 10.1 Å². The number of nitro groups is 1. The molecule has 0 aromatic carbocycles. The van der Waals surface area contributed by atoms with Crippen molar-refractivity contribution in [3.8, 4) is 0 Å². The van der Waals surface area contributed by atoms with Crippen LogP contribution >= 0.6 is 0 Å². The number of hydrogen-bond acceptors (Lipinski definition) is 3. The van der Waals surface area contributed by atoms with E-state index in [2.05, 4.69) is 0 Å². The molecule has 1 unspecified atom stereocenters. The van der Waals surface area contributed by atoms with Crippen molar-refractivity contribution in [3.05, 3.63) is 33.9 Å². The predicted molar refractivity (Wildman–Crippen MR) is 43.3 cm³/mol. The second kappa shape index (κ2) is 3.80. The molecule has 4 nitrogen and oxygen atoms in total. The third kappa shape index (κ3) is 1.78. The molecule has 0 amide bonds. The Hall–Kier alpha value is -1.45. The van der Waals surface area contributed by atoms with Crippen molar-refractivity contribution < 1.29 is 9.72 Å². The lowest BCUT2D eigenvalue weighted by Crippen LogP contribution is -2.23. The number of aldehydes is 1. The van der Waals surface area contributed by atoms with Crippen LogP contribution < -0.4 is 0 Å². The molecule has 0 aromatic heterocycles. The Kier molecular flexibility index (Phi) is 2.74. The van der Waals surface area contributed by atoms with Crippen molar-refractivity contribution in [2.24, 2.45) is 0 Å². The number of rotatable bonds is 3. The number of carbonyl (C=O) groups is 1. The summed E-state index contributed by atoms with van der Waals surface area (Å²) in [4.78, 5) is 20.1. The van der Waals surface area contributed by atoms with Gasteiger partial charge in [-0.2, -0.15) is 0 Å². The van der Waals surface area contributed by atoms with E-state index in [1.165, 1.54) is 0 Å². The summed E-state index contributed by atoms with van der Waals surface area (Å²) in [6.45, 7) is 0. The van der Waals surface area contributed by atoms with E-state index in [0.29, 0.717) is 11.9 Å². The Bertz CT molecular complexity index is 255. The highest BCUT2D eigenvalue weighted by atomic mass is 16.6. The SMILES string of the molecule is O=CC(C1=CCCC=C1)[N+](=O)[O-]. The average Bonchev–Trinajstić information content (AvgIpc) is 2.07. The van der Waals surface area contributed by atoms with Gasteiger partial charge in [0.15, 0.2) is 6.29 Å². The van der Waals surface area contributed by atoms with Crippen molar-refractivity contribution in [3.63, 3.8) is 0 Å². The van der Waals surface area contributed by atoms with Crippen LogP contribution in [0.5, 0.6) is 0 Å². The highest BCUT2D eigenvalue weighted by Gasteiger charge is 2.22. The molecule has 12 heavy (non-hydrogen) atoms. The summed E-state index contributed by atoms with van der Waals surface area (Å²) < 4.78 is 0. The summed E-state index contributed by atoms with van der Waals surface area (Å²) >= 11 is 0. The molecule has 0 N–H and O–H groups in total. The minimum Gasteiger partial charge on any atom is -0.295 e. The minimum absolute atomic E-state index is 0.363. The van der Waals surface area contributed by atoms with Crippen LogP contribution in [0.4, 0.5) is 0 Å². The maximum Gasteiger partial charge on any atom is 0.292 e. The van der Waals surface area contributed by atoms with E-state index >= 15 is 0 Å². The quantitative estimate of drug-likeness (QED) is 0.359. The number of hydrogen-bond donors (Lipinski definition) is 0. The fraction of sp³-hybridized carbons (Fsp3) is 0.375. The van der Waals surface area contributed by atoms with Crippen LogP contribution in [0.1, 0.15) is 12.8 Å². The standard InChI is InChI=1S/C8H9NO3/c10-6-8(9(11)12)7-4-2-1-3-5-7/h2,4-6,8H,1,3H2. The molecule has 0 aliphatic heterocycles. The van der Waals surface area contributed by atoms with E-state index < -0.39 is 11.0 Å². The first-order chi connectivity index (χ1) is 5.75. The van der Waals surface area contributed by atoms with Crippen molar-refractivity contribution >= 4 is 6.29 Å². The summed E-state index contributed by atoms with van der Waals surface area (Å²) in [7, 11) is 0. The van der Waals surface area contributed by atoms with E-state index in [1.807, 2.05) is 6.08 Å². The summed E-state index contributed by atoms with van der Waals surface area (Å²) in [6, 6.07) is -1.18. The van der Waals surface area contributed by atoms with Gasteiger partial charge in [0, 0.05) is 10.5 Å². The van der Waals surface area contributed by atoms with Gasteiger partial charge in [-0.15, -0.1) is 0 Å². The van der Waals surface area contributed by atoms with Crippen LogP contribution in [0.25, 0.3) is 0 Å². The molecule has 0 radical (unpaired) electrons. The Morgan fingerprint density at radius 3 is 2.75 bits per heavy atom. The molecular weight excluding hydrogens is 158 g/mol. The topological polar surface area (TPSA) is 60.2 Å². The molecule has 1 rings (SSSR count). The van der Waals surface area contributed by atoms with Crippen LogP contribution in [-0.4, -0.2) is 17.3 Å². The maximum atomic E-state index is 10.3. The summed E-state index contributed by atoms with van der Waals surface area (Å²) in [5.74, 6) is 0. The maximum absolute atomic E-state index is 10.3. The first-order valence-electron chi connectivity index (χ1n) is 3.71. The van der Waals surface area contributed by atoms with Gasteiger partial charge in [-0.3, -0.25) is 14.9 Å². The smallest absolute Gasteiger partial charge is 0.292 e. The molecular formula is C8H9NO3. The molecule has 0 aromatic rings. The summed E-state index contributed by atoms with van der Waals surface area (Å²) in [5, 5.41) is 10.3. The Morgan fingerprint density at radius 2 is 2.33 bits per heavy atom. The third-order valence-corrected chi connectivity index (χ3v) is 1.72. The average molecular weight is 167 g/mol. The molecule has 1 atom stereocenters. The molecule has 0 spiro atoms. The van der Waals surface area contributed by atoms with E-state index in [9.17, 15) is 14.9 Å². The monoisotopic (exact) mass is 167 g/mol. The van der Waals surface area contributed by atoms with Crippen LogP contribution in [0.15, 0.2) is 23.8 Å². The summed E-state index contributed by atoms with van der Waals surface area (Å²) in [6.07, 6.45) is 7.26. The summed E-state index contributed by atoms with van der Waals surface area (Å²) in [5.41, 5.74) is 0.501. The highest BCUT2D eigenvalue weighted by Crippen LogP contribution is 2.13. The molecule has 1 aliphatic rings. The Balaban J connectivity index is 2.78. The first kappa shape index (κ1) is 8.64. The van der Waals surface area contributed by atoms with Gasteiger partial charge in [-0.1, -0.05) is 18.2 Å². The molecule has 4 heteroatoms. The van der Waals surface area contributed by atoms with Gasteiger partial charge in [-0.05, 0) is 12.8 Å². The van der Waals surface area contributed by atoms with Gasteiger partial charge in [0.1, 0.15) is 0 Å². The molecule has 0 saturated carbocycles. The van der Waals surface area contributed by atoms with Gasteiger partial charge in [0.05, 0.1) is 0 Å². The molecule has 0 bridgehead atoms. The van der Waals surface area contributed by atoms with Crippen LogP contribution in [0.2, 0.25) is 0 Å². The lowest BCUT2D eigenvalue weighted by Gasteiger charge is -2.06. The van der Waals surface area contributed by atoms with Gasteiger partial charge < -0.3 is 0 Å². The van der Waals surface area contributed by atoms with Gasteiger partial charge >= 0.3 is 0 Å². The van der Waals surface area contributed by atoms with Crippen molar-refractivity contribution in [1.29, 1.82) is 0 Å². The molecule has 0 fully saturated rings. The van der Waals surface area contributed by atoms with E-state index in [-0.39, 0.29) is 0 Å². The van der Waals surface area contributed by atoms with E-state index in [1.54, 1.807) is 12.2 Å². The van der Waals surface area contributed by atoms with Crippen LogP contribution in [-0.2, 0) is 4.79 Å². The largest absolute Gasteiger partial charge is 0.295 e. The molecule has 0 saturated heterocycles. The zero-order valence-electron chi connectivity index (χ0n) is 6.47. The number of allylic oxidation sites excluding steroid dienone is 2. The zero-order chi connectivity index (χ0) is 8.97. The predicted octanol–water partition coefficient (Wildman–Crippen LogP) is 1.11. The van der Waals surface area contributed by atoms with E-state index in [4.69, 9.17) is 0 Å². The minimum atomic E-state index is -1.18. The number of carbonyl (C=O) groups excluding carboxylic acids is 1.